The molecule has 156 valence electrons. The normalized spacial score (nSPS) is 10.5. The summed E-state index contributed by atoms with van der Waals surface area (Å²) in [4.78, 5) is 16.8. The summed E-state index contributed by atoms with van der Waals surface area (Å²) in [7, 11) is 3.13. The van der Waals surface area contributed by atoms with Crippen molar-refractivity contribution in [3.8, 4) is 22.6 Å². The largest absolute Gasteiger partial charge is 0.497 e. The molecule has 4 aromatic rings. The van der Waals surface area contributed by atoms with E-state index in [1.807, 2.05) is 36.5 Å². The molecule has 0 saturated carbocycles. The second-order valence-electron chi connectivity index (χ2n) is 6.97. The van der Waals surface area contributed by atoms with Crippen LogP contribution in [-0.4, -0.2) is 25.2 Å². The van der Waals surface area contributed by atoms with Crippen molar-refractivity contribution < 1.29 is 14.3 Å². The molecule has 0 spiro atoms. The van der Waals surface area contributed by atoms with E-state index < -0.39 is 0 Å². The van der Waals surface area contributed by atoms with Gasteiger partial charge in [0.15, 0.2) is 0 Å². The number of hydrogen-bond donors (Lipinski definition) is 2. The SMILES string of the molecule is COc1cc(NC(=O)NCc2ccc(-c3ccccc3)c3ccncc23)cc(OC)c1. The van der Waals surface area contributed by atoms with Crippen molar-refractivity contribution in [2.24, 2.45) is 0 Å². The highest BCUT2D eigenvalue weighted by Gasteiger charge is 2.10. The van der Waals surface area contributed by atoms with E-state index >= 15 is 0 Å². The summed E-state index contributed by atoms with van der Waals surface area (Å²) in [6.45, 7) is 0.365. The first kappa shape index (κ1) is 20.2. The van der Waals surface area contributed by atoms with Gasteiger partial charge >= 0.3 is 6.03 Å². The molecule has 0 aliphatic heterocycles. The number of hydrogen-bond acceptors (Lipinski definition) is 4. The average molecular weight is 413 g/mol. The van der Waals surface area contributed by atoms with Crippen LogP contribution in [-0.2, 0) is 6.54 Å². The van der Waals surface area contributed by atoms with Crippen molar-refractivity contribution in [3.05, 3.63) is 84.7 Å². The van der Waals surface area contributed by atoms with Crippen LogP contribution >= 0.6 is 0 Å². The van der Waals surface area contributed by atoms with Gasteiger partial charge < -0.3 is 20.1 Å². The Labute approximate surface area is 180 Å². The van der Waals surface area contributed by atoms with E-state index in [9.17, 15) is 4.79 Å². The minimum absolute atomic E-state index is 0.320. The van der Waals surface area contributed by atoms with Gasteiger partial charge in [0.2, 0.25) is 0 Å². The minimum atomic E-state index is -0.320. The fraction of sp³-hybridized carbons (Fsp3) is 0.120. The second kappa shape index (κ2) is 9.17. The van der Waals surface area contributed by atoms with Crippen LogP contribution < -0.4 is 20.1 Å². The van der Waals surface area contributed by atoms with Crippen LogP contribution in [0.5, 0.6) is 11.5 Å². The van der Waals surface area contributed by atoms with E-state index in [2.05, 4.69) is 33.8 Å². The summed E-state index contributed by atoms with van der Waals surface area (Å²) in [5, 5.41) is 7.84. The van der Waals surface area contributed by atoms with E-state index in [4.69, 9.17) is 9.47 Å². The maximum atomic E-state index is 12.5. The summed E-state index contributed by atoms with van der Waals surface area (Å²) in [5.74, 6) is 1.20. The molecule has 1 heterocycles. The Morgan fingerprint density at radius 3 is 2.35 bits per heavy atom. The summed E-state index contributed by atoms with van der Waals surface area (Å²) >= 11 is 0. The first-order valence-corrected chi connectivity index (χ1v) is 9.87. The third kappa shape index (κ3) is 4.59. The Balaban J connectivity index is 1.53. The number of benzene rings is 3. The molecule has 3 aromatic carbocycles. The minimum Gasteiger partial charge on any atom is -0.497 e. The molecule has 2 amide bonds. The average Bonchev–Trinajstić information content (AvgIpc) is 2.82. The molecule has 6 nitrogen and oxygen atoms in total. The van der Waals surface area contributed by atoms with E-state index in [0.29, 0.717) is 23.7 Å². The van der Waals surface area contributed by atoms with Crippen LogP contribution in [0.3, 0.4) is 0 Å². The maximum Gasteiger partial charge on any atom is 0.319 e. The van der Waals surface area contributed by atoms with E-state index in [-0.39, 0.29) is 6.03 Å². The molecule has 6 heteroatoms. The molecule has 0 aliphatic carbocycles. The molecule has 1 aromatic heterocycles. The van der Waals surface area contributed by atoms with Gasteiger partial charge in [0, 0.05) is 48.2 Å². The fourth-order valence-electron chi connectivity index (χ4n) is 3.50. The summed E-state index contributed by atoms with van der Waals surface area (Å²) in [5.41, 5.74) is 3.85. The first-order chi connectivity index (χ1) is 15.2. The van der Waals surface area contributed by atoms with Crippen molar-refractivity contribution in [3.63, 3.8) is 0 Å². The molecule has 4 rings (SSSR count). The second-order valence-corrected chi connectivity index (χ2v) is 6.97. The number of urea groups is 1. The van der Waals surface area contributed by atoms with Crippen LogP contribution in [0.15, 0.2) is 79.1 Å². The van der Waals surface area contributed by atoms with Gasteiger partial charge in [0.25, 0.3) is 0 Å². The molecule has 0 unspecified atom stereocenters. The number of carbonyl (C=O) groups is 1. The Kier molecular flexibility index (Phi) is 5.98. The van der Waals surface area contributed by atoms with Crippen molar-refractivity contribution in [1.29, 1.82) is 0 Å². The van der Waals surface area contributed by atoms with Gasteiger partial charge in [0.05, 0.1) is 14.2 Å². The zero-order valence-corrected chi connectivity index (χ0v) is 17.4. The number of nitrogens with zero attached hydrogens (tertiary/aromatic N) is 1. The number of methoxy groups -OCH3 is 2. The molecule has 0 aliphatic rings. The Morgan fingerprint density at radius 1 is 0.903 bits per heavy atom. The summed E-state index contributed by atoms with van der Waals surface area (Å²) in [6.07, 6.45) is 3.62. The molecule has 0 bridgehead atoms. The number of rotatable bonds is 6. The van der Waals surface area contributed by atoms with Gasteiger partial charge in [-0.25, -0.2) is 4.79 Å². The monoisotopic (exact) mass is 413 g/mol. The van der Waals surface area contributed by atoms with Crippen molar-refractivity contribution in [1.82, 2.24) is 10.3 Å². The Morgan fingerprint density at radius 2 is 1.65 bits per heavy atom. The Hall–Kier alpha value is -4.06. The number of nitrogens with one attached hydrogen (secondary N) is 2. The van der Waals surface area contributed by atoms with Crippen LogP contribution in [0.2, 0.25) is 0 Å². The maximum absolute atomic E-state index is 12.5. The van der Waals surface area contributed by atoms with Gasteiger partial charge in [-0.3, -0.25) is 4.98 Å². The number of fused-ring (bicyclic) bond motifs is 1. The molecular formula is C25H23N3O3. The van der Waals surface area contributed by atoms with Gasteiger partial charge in [-0.1, -0.05) is 42.5 Å². The molecule has 0 saturated heterocycles. The highest BCUT2D eigenvalue weighted by molar-refractivity contribution is 5.98. The number of ether oxygens (including phenoxy) is 2. The van der Waals surface area contributed by atoms with E-state index in [1.165, 1.54) is 0 Å². The fourth-order valence-corrected chi connectivity index (χ4v) is 3.50. The molecule has 0 fully saturated rings. The zero-order chi connectivity index (χ0) is 21.6. The summed E-state index contributed by atoms with van der Waals surface area (Å²) in [6, 6.07) is 21.2. The Bertz CT molecular complexity index is 1190. The van der Waals surface area contributed by atoms with Crippen LogP contribution in [0, 0.1) is 0 Å². The van der Waals surface area contributed by atoms with Crippen LogP contribution in [0.25, 0.3) is 21.9 Å². The lowest BCUT2D eigenvalue weighted by Gasteiger charge is -2.13. The van der Waals surface area contributed by atoms with Crippen molar-refractivity contribution >= 4 is 22.5 Å². The lowest BCUT2D eigenvalue weighted by atomic mass is 9.96. The lowest BCUT2D eigenvalue weighted by molar-refractivity contribution is 0.252. The number of carbonyl (C=O) groups excluding carboxylic acids is 1. The molecule has 0 radical (unpaired) electrons. The topological polar surface area (TPSA) is 72.5 Å². The molecule has 0 atom stereocenters. The van der Waals surface area contributed by atoms with Gasteiger partial charge in [-0.05, 0) is 28.1 Å². The predicted octanol–water partition coefficient (Wildman–Crippen LogP) is 5.24. The van der Waals surface area contributed by atoms with Crippen LogP contribution in [0.4, 0.5) is 10.5 Å². The number of pyridine rings is 1. The van der Waals surface area contributed by atoms with E-state index in [0.717, 1.165) is 27.5 Å². The van der Waals surface area contributed by atoms with Gasteiger partial charge in [-0.2, -0.15) is 0 Å². The standard InChI is InChI=1S/C25H23N3O3/c1-30-20-12-19(13-21(14-20)31-2)28-25(29)27-15-18-8-9-22(17-6-4-3-5-7-17)23-10-11-26-16-24(18)23/h3-14,16H,15H2,1-2H3,(H2,27,28,29). The van der Waals surface area contributed by atoms with Crippen molar-refractivity contribution in [2.45, 2.75) is 6.54 Å². The quantitative estimate of drug-likeness (QED) is 0.453. The lowest BCUT2D eigenvalue weighted by Crippen LogP contribution is -2.28. The number of amides is 2. The highest BCUT2D eigenvalue weighted by atomic mass is 16.5. The van der Waals surface area contributed by atoms with Gasteiger partial charge in [-0.15, -0.1) is 0 Å². The highest BCUT2D eigenvalue weighted by Crippen LogP contribution is 2.30. The molecule has 2 N–H and O–H groups in total. The molecule has 31 heavy (non-hydrogen) atoms. The molecular weight excluding hydrogens is 390 g/mol. The third-order valence-corrected chi connectivity index (χ3v) is 5.04. The zero-order valence-electron chi connectivity index (χ0n) is 17.4. The van der Waals surface area contributed by atoms with Crippen molar-refractivity contribution in [2.75, 3.05) is 19.5 Å². The third-order valence-electron chi connectivity index (χ3n) is 5.04. The van der Waals surface area contributed by atoms with Crippen LogP contribution in [0.1, 0.15) is 5.56 Å². The smallest absolute Gasteiger partial charge is 0.319 e. The van der Waals surface area contributed by atoms with E-state index in [1.54, 1.807) is 38.6 Å². The number of anilines is 1. The number of aromatic nitrogens is 1. The first-order valence-electron chi connectivity index (χ1n) is 9.87. The van der Waals surface area contributed by atoms with Gasteiger partial charge in [0.1, 0.15) is 11.5 Å². The summed E-state index contributed by atoms with van der Waals surface area (Å²) < 4.78 is 10.5. The predicted molar refractivity (Wildman–Crippen MR) is 123 cm³/mol.